The Morgan fingerprint density at radius 2 is 1.86 bits per heavy atom. The summed E-state index contributed by atoms with van der Waals surface area (Å²) in [4.78, 5) is 22.7. The summed E-state index contributed by atoms with van der Waals surface area (Å²) in [7, 11) is 0. The molecule has 2 heterocycles. The van der Waals surface area contributed by atoms with Crippen molar-refractivity contribution in [1.82, 2.24) is 14.9 Å². The molecule has 148 valence electrons. The van der Waals surface area contributed by atoms with Crippen LogP contribution in [0.2, 0.25) is 0 Å². The number of carbonyl (C=O) groups excluding carboxylic acids is 1. The van der Waals surface area contributed by atoms with Crippen molar-refractivity contribution in [2.75, 3.05) is 18.8 Å². The summed E-state index contributed by atoms with van der Waals surface area (Å²) in [5, 5.41) is 0. The number of nitrogens with two attached hydrogens (primary N) is 2. The quantitative estimate of drug-likeness (QED) is 0.700. The maximum absolute atomic E-state index is 11.4. The molecule has 1 fully saturated rings. The molecule has 1 aliphatic rings. The Hall–Kier alpha value is -3.25. The van der Waals surface area contributed by atoms with Crippen molar-refractivity contribution in [2.45, 2.75) is 25.3 Å². The first-order chi connectivity index (χ1) is 14.1. The largest absolute Gasteiger partial charge is 0.368 e. The van der Waals surface area contributed by atoms with E-state index in [9.17, 15) is 4.79 Å². The zero-order valence-electron chi connectivity index (χ0n) is 16.3. The van der Waals surface area contributed by atoms with Crippen LogP contribution in [0.15, 0.2) is 60.8 Å². The Morgan fingerprint density at radius 3 is 2.59 bits per heavy atom. The molecule has 1 aromatic heterocycles. The summed E-state index contributed by atoms with van der Waals surface area (Å²) in [5.41, 5.74) is 16.0. The van der Waals surface area contributed by atoms with Gasteiger partial charge in [-0.3, -0.25) is 9.69 Å². The van der Waals surface area contributed by atoms with Crippen LogP contribution < -0.4 is 11.5 Å². The van der Waals surface area contributed by atoms with Crippen molar-refractivity contribution in [1.29, 1.82) is 0 Å². The van der Waals surface area contributed by atoms with Crippen LogP contribution in [0.3, 0.4) is 0 Å². The highest BCUT2D eigenvalue weighted by Crippen LogP contribution is 2.33. The van der Waals surface area contributed by atoms with Gasteiger partial charge in [-0.15, -0.1) is 0 Å². The van der Waals surface area contributed by atoms with E-state index in [0.717, 1.165) is 49.3 Å². The standard InChI is InChI=1S/C23H25N5O/c24-22(29)18-10-8-17(9-11-18)20-13-26-23(25)27-21(20)19-7-4-12-28(15-19)14-16-5-2-1-3-6-16/h1-3,5-6,8-11,13,19H,4,7,12,14-15H2,(H2,24,29)(H2,25,26,27). The molecule has 4 rings (SSSR count). The summed E-state index contributed by atoms with van der Waals surface area (Å²) in [5.74, 6) is 0.135. The maximum Gasteiger partial charge on any atom is 0.248 e. The molecule has 4 N–H and O–H groups in total. The smallest absolute Gasteiger partial charge is 0.248 e. The zero-order chi connectivity index (χ0) is 20.2. The van der Waals surface area contributed by atoms with Crippen LogP contribution in [0.5, 0.6) is 0 Å². The molecule has 1 saturated heterocycles. The van der Waals surface area contributed by atoms with Crippen molar-refractivity contribution >= 4 is 11.9 Å². The average Bonchev–Trinajstić information content (AvgIpc) is 2.75. The number of hydrogen-bond acceptors (Lipinski definition) is 5. The number of rotatable bonds is 5. The van der Waals surface area contributed by atoms with Gasteiger partial charge in [0, 0.05) is 36.3 Å². The molecule has 0 bridgehead atoms. The third-order valence-electron chi connectivity index (χ3n) is 5.46. The molecule has 0 aliphatic carbocycles. The SMILES string of the molecule is NC(=O)c1ccc(-c2cnc(N)nc2C2CCCN(Cc3ccccc3)C2)cc1. The number of carbonyl (C=O) groups is 1. The molecule has 1 aliphatic heterocycles. The number of nitrogen functional groups attached to an aromatic ring is 1. The Labute approximate surface area is 170 Å². The molecule has 1 unspecified atom stereocenters. The summed E-state index contributed by atoms with van der Waals surface area (Å²) >= 11 is 0. The number of likely N-dealkylation sites (tertiary alicyclic amines) is 1. The highest BCUT2D eigenvalue weighted by Gasteiger charge is 2.25. The van der Waals surface area contributed by atoms with E-state index in [2.05, 4.69) is 39.1 Å². The minimum atomic E-state index is -0.436. The first-order valence-corrected chi connectivity index (χ1v) is 9.89. The average molecular weight is 387 g/mol. The van der Waals surface area contributed by atoms with E-state index in [0.29, 0.717) is 5.56 Å². The second kappa shape index (κ2) is 8.41. The fourth-order valence-electron chi connectivity index (χ4n) is 4.02. The highest BCUT2D eigenvalue weighted by atomic mass is 16.1. The minimum Gasteiger partial charge on any atom is -0.368 e. The van der Waals surface area contributed by atoms with Crippen LogP contribution in [-0.4, -0.2) is 33.9 Å². The fourth-order valence-corrected chi connectivity index (χ4v) is 4.02. The lowest BCUT2D eigenvalue weighted by Gasteiger charge is -2.33. The molecule has 29 heavy (non-hydrogen) atoms. The predicted molar refractivity (Wildman–Crippen MR) is 114 cm³/mol. The number of piperidine rings is 1. The van der Waals surface area contributed by atoms with E-state index < -0.39 is 5.91 Å². The molecule has 0 spiro atoms. The second-order valence-corrected chi connectivity index (χ2v) is 7.53. The van der Waals surface area contributed by atoms with E-state index in [1.165, 1.54) is 5.56 Å². The van der Waals surface area contributed by atoms with E-state index >= 15 is 0 Å². The highest BCUT2D eigenvalue weighted by molar-refractivity contribution is 5.93. The zero-order valence-corrected chi connectivity index (χ0v) is 16.3. The van der Waals surface area contributed by atoms with Crippen molar-refractivity contribution in [2.24, 2.45) is 5.73 Å². The topological polar surface area (TPSA) is 98.1 Å². The number of nitrogens with zero attached hydrogens (tertiary/aromatic N) is 3. The van der Waals surface area contributed by atoms with Gasteiger partial charge in [0.2, 0.25) is 11.9 Å². The number of aromatic nitrogens is 2. The maximum atomic E-state index is 11.4. The first kappa shape index (κ1) is 19.1. The third kappa shape index (κ3) is 4.43. The van der Waals surface area contributed by atoms with Crippen LogP contribution in [0, 0.1) is 0 Å². The van der Waals surface area contributed by atoms with Crippen molar-refractivity contribution in [3.8, 4) is 11.1 Å². The molecule has 3 aromatic rings. The number of hydrogen-bond donors (Lipinski definition) is 2. The minimum absolute atomic E-state index is 0.281. The van der Waals surface area contributed by atoms with Gasteiger partial charge in [0.15, 0.2) is 0 Å². The number of amides is 1. The van der Waals surface area contributed by atoms with Gasteiger partial charge in [-0.1, -0.05) is 42.5 Å². The lowest BCUT2D eigenvalue weighted by atomic mass is 9.89. The Morgan fingerprint density at radius 1 is 1.10 bits per heavy atom. The van der Waals surface area contributed by atoms with Gasteiger partial charge in [-0.05, 0) is 42.6 Å². The molecule has 6 heteroatoms. The summed E-state index contributed by atoms with van der Waals surface area (Å²) in [6.45, 7) is 2.94. The van der Waals surface area contributed by atoms with Gasteiger partial charge in [-0.25, -0.2) is 9.97 Å². The van der Waals surface area contributed by atoms with Gasteiger partial charge in [0.1, 0.15) is 0 Å². The monoisotopic (exact) mass is 387 g/mol. The summed E-state index contributed by atoms with van der Waals surface area (Å²) < 4.78 is 0. The summed E-state index contributed by atoms with van der Waals surface area (Å²) in [6, 6.07) is 17.8. The Bertz CT molecular complexity index is 988. The van der Waals surface area contributed by atoms with Gasteiger partial charge in [-0.2, -0.15) is 0 Å². The third-order valence-corrected chi connectivity index (χ3v) is 5.46. The van der Waals surface area contributed by atoms with Crippen LogP contribution in [0.4, 0.5) is 5.95 Å². The molecular weight excluding hydrogens is 362 g/mol. The summed E-state index contributed by atoms with van der Waals surface area (Å²) in [6.07, 6.45) is 3.96. The van der Waals surface area contributed by atoms with Gasteiger partial charge in [0.25, 0.3) is 0 Å². The molecule has 1 amide bonds. The number of anilines is 1. The molecule has 0 saturated carbocycles. The van der Waals surface area contributed by atoms with Gasteiger partial charge in [0.05, 0.1) is 5.69 Å². The Balaban J connectivity index is 1.60. The molecular formula is C23H25N5O. The lowest BCUT2D eigenvalue weighted by Crippen LogP contribution is -2.34. The fraction of sp³-hybridized carbons (Fsp3) is 0.261. The Kier molecular flexibility index (Phi) is 5.53. The van der Waals surface area contributed by atoms with Gasteiger partial charge < -0.3 is 11.5 Å². The van der Waals surface area contributed by atoms with Crippen molar-refractivity contribution < 1.29 is 4.79 Å². The van der Waals surface area contributed by atoms with Crippen LogP contribution >= 0.6 is 0 Å². The first-order valence-electron chi connectivity index (χ1n) is 9.89. The van der Waals surface area contributed by atoms with E-state index in [-0.39, 0.29) is 11.9 Å². The number of primary amides is 1. The van der Waals surface area contributed by atoms with Crippen LogP contribution in [0.1, 0.15) is 40.4 Å². The normalized spacial score (nSPS) is 17.2. The van der Waals surface area contributed by atoms with Gasteiger partial charge >= 0.3 is 0 Å². The molecule has 0 radical (unpaired) electrons. The van der Waals surface area contributed by atoms with Crippen molar-refractivity contribution in [3.05, 3.63) is 77.6 Å². The molecule has 1 atom stereocenters. The lowest BCUT2D eigenvalue weighted by molar-refractivity contribution is 0.100. The van der Waals surface area contributed by atoms with E-state index in [4.69, 9.17) is 11.5 Å². The molecule has 6 nitrogen and oxygen atoms in total. The second-order valence-electron chi connectivity index (χ2n) is 7.53. The van der Waals surface area contributed by atoms with E-state index in [1.807, 2.05) is 18.2 Å². The van der Waals surface area contributed by atoms with E-state index in [1.54, 1.807) is 18.3 Å². The van der Waals surface area contributed by atoms with Crippen molar-refractivity contribution in [3.63, 3.8) is 0 Å². The molecule has 2 aromatic carbocycles. The van der Waals surface area contributed by atoms with Crippen LogP contribution in [-0.2, 0) is 6.54 Å². The van der Waals surface area contributed by atoms with Crippen LogP contribution in [0.25, 0.3) is 11.1 Å². The predicted octanol–water partition coefficient (Wildman–Crippen LogP) is 3.20. The number of benzene rings is 2.